The molecule has 0 saturated carbocycles. The lowest BCUT2D eigenvalue weighted by Crippen LogP contribution is -2.01. The molecule has 1 aromatic rings. The molecule has 0 saturated heterocycles. The molecule has 0 aliphatic heterocycles. The van der Waals surface area contributed by atoms with Gasteiger partial charge in [0.1, 0.15) is 11.6 Å². The van der Waals surface area contributed by atoms with E-state index in [-0.39, 0.29) is 21.8 Å². The largest absolute Gasteiger partial charge is 0.305 e. The van der Waals surface area contributed by atoms with Gasteiger partial charge in [-0.15, -0.1) is 0 Å². The van der Waals surface area contributed by atoms with Crippen LogP contribution < -0.4 is 0 Å². The van der Waals surface area contributed by atoms with Crippen LogP contribution in [0.5, 0.6) is 0 Å². The Bertz CT molecular complexity index is 602. The standard InChI is InChI=1S/C11H6ClN3O3/c12-10-2-1-9(15(17)18)4-7(10)3-8(5-13)11(16)6-14/h1-4,6,14H. The summed E-state index contributed by atoms with van der Waals surface area (Å²) in [5.74, 6) is -0.792. The second-order valence-electron chi connectivity index (χ2n) is 3.14. The molecule has 0 spiro atoms. The maximum atomic E-state index is 11.2. The van der Waals surface area contributed by atoms with Crippen LogP contribution >= 0.6 is 11.6 Å². The molecule has 0 unspecified atom stereocenters. The number of hydrogen-bond donors (Lipinski definition) is 1. The van der Waals surface area contributed by atoms with E-state index in [2.05, 4.69) is 0 Å². The molecule has 0 heterocycles. The number of nitro groups is 1. The number of nitrogens with zero attached hydrogens (tertiary/aromatic N) is 2. The highest BCUT2D eigenvalue weighted by molar-refractivity contribution is 6.37. The van der Waals surface area contributed by atoms with E-state index in [0.717, 1.165) is 12.1 Å². The van der Waals surface area contributed by atoms with Gasteiger partial charge in [0.05, 0.1) is 11.1 Å². The molecule has 1 N–H and O–H groups in total. The Hall–Kier alpha value is -2.52. The quantitative estimate of drug-likeness (QED) is 0.296. The summed E-state index contributed by atoms with van der Waals surface area (Å²) in [6.07, 6.45) is 1.60. The van der Waals surface area contributed by atoms with Crippen LogP contribution in [0.15, 0.2) is 23.8 Å². The normalized spacial score (nSPS) is 10.6. The molecular weight excluding hydrogens is 258 g/mol. The van der Waals surface area contributed by atoms with Gasteiger partial charge in [-0.05, 0) is 12.1 Å². The van der Waals surface area contributed by atoms with Crippen LogP contribution in [0.2, 0.25) is 5.02 Å². The zero-order valence-electron chi connectivity index (χ0n) is 8.88. The Morgan fingerprint density at radius 3 is 2.72 bits per heavy atom. The molecule has 0 amide bonds. The van der Waals surface area contributed by atoms with Crippen molar-refractivity contribution >= 4 is 35.4 Å². The molecule has 0 aromatic heterocycles. The van der Waals surface area contributed by atoms with Crippen molar-refractivity contribution < 1.29 is 9.72 Å². The second kappa shape index (κ2) is 5.70. The van der Waals surface area contributed by atoms with Gasteiger partial charge >= 0.3 is 0 Å². The first kappa shape index (κ1) is 13.5. The fourth-order valence-corrected chi connectivity index (χ4v) is 1.32. The van der Waals surface area contributed by atoms with E-state index in [9.17, 15) is 14.9 Å². The zero-order chi connectivity index (χ0) is 13.7. The summed E-state index contributed by atoms with van der Waals surface area (Å²) >= 11 is 5.80. The minimum absolute atomic E-state index is 0.172. The molecule has 7 heteroatoms. The van der Waals surface area contributed by atoms with Gasteiger partial charge in [-0.3, -0.25) is 14.9 Å². The van der Waals surface area contributed by atoms with Crippen LogP contribution in [0, 0.1) is 26.9 Å². The summed E-state index contributed by atoms with van der Waals surface area (Å²) in [5.41, 5.74) is -0.338. The van der Waals surface area contributed by atoms with Crippen molar-refractivity contribution in [2.75, 3.05) is 0 Å². The fraction of sp³-hybridized carbons (Fsp3) is 0. The minimum Gasteiger partial charge on any atom is -0.305 e. The third-order valence-electron chi connectivity index (χ3n) is 2.01. The number of carbonyl (C=O) groups excluding carboxylic acids is 1. The maximum absolute atomic E-state index is 11.2. The number of non-ortho nitro benzene ring substituents is 1. The summed E-state index contributed by atoms with van der Waals surface area (Å²) in [4.78, 5) is 21.1. The number of rotatable bonds is 4. The summed E-state index contributed by atoms with van der Waals surface area (Å²) in [7, 11) is 0. The average Bonchev–Trinajstić information content (AvgIpc) is 2.36. The molecule has 18 heavy (non-hydrogen) atoms. The number of allylic oxidation sites excluding steroid dienone is 1. The van der Waals surface area contributed by atoms with Gasteiger partial charge in [0, 0.05) is 22.7 Å². The van der Waals surface area contributed by atoms with Crippen molar-refractivity contribution in [3.63, 3.8) is 0 Å². The van der Waals surface area contributed by atoms with Crippen molar-refractivity contribution in [1.29, 1.82) is 10.7 Å². The Morgan fingerprint density at radius 2 is 2.22 bits per heavy atom. The molecule has 0 atom stereocenters. The van der Waals surface area contributed by atoms with Crippen LogP contribution in [0.1, 0.15) is 5.56 Å². The van der Waals surface area contributed by atoms with Gasteiger partial charge in [0.25, 0.3) is 5.69 Å². The maximum Gasteiger partial charge on any atom is 0.270 e. The van der Waals surface area contributed by atoms with Gasteiger partial charge in [0.15, 0.2) is 0 Å². The molecule has 0 aliphatic rings. The van der Waals surface area contributed by atoms with E-state index >= 15 is 0 Å². The monoisotopic (exact) mass is 263 g/mol. The SMILES string of the molecule is N#CC(=Cc1cc([N+](=O)[O-])ccc1Cl)C(=O)C=N. The fourth-order valence-electron chi connectivity index (χ4n) is 1.15. The number of nitro benzene ring substituents is 1. The van der Waals surface area contributed by atoms with E-state index in [1.165, 1.54) is 12.1 Å². The molecule has 0 fully saturated rings. The molecule has 1 aromatic carbocycles. The molecule has 1 rings (SSSR count). The first-order valence-electron chi connectivity index (χ1n) is 4.60. The number of Topliss-reactive ketones (excluding diaryl/α,β-unsaturated/α-hetero) is 1. The first-order chi connectivity index (χ1) is 8.49. The Balaban J connectivity index is 3.33. The predicted octanol–water partition coefficient (Wildman–Crippen LogP) is 2.37. The van der Waals surface area contributed by atoms with Gasteiger partial charge in [0.2, 0.25) is 5.78 Å². The highest BCUT2D eigenvalue weighted by atomic mass is 35.5. The van der Waals surface area contributed by atoms with E-state index in [0.29, 0.717) is 6.21 Å². The van der Waals surface area contributed by atoms with Gasteiger partial charge in [-0.1, -0.05) is 11.6 Å². The lowest BCUT2D eigenvalue weighted by atomic mass is 10.1. The summed E-state index contributed by atoms with van der Waals surface area (Å²) in [5, 5.41) is 26.3. The Kier molecular flexibility index (Phi) is 4.29. The van der Waals surface area contributed by atoms with Crippen LogP contribution in [0.4, 0.5) is 5.69 Å². The smallest absolute Gasteiger partial charge is 0.270 e. The lowest BCUT2D eigenvalue weighted by molar-refractivity contribution is -0.384. The molecular formula is C11H6ClN3O3. The van der Waals surface area contributed by atoms with Crippen molar-refractivity contribution in [3.8, 4) is 6.07 Å². The number of halogens is 1. The molecule has 0 bridgehead atoms. The number of nitrogens with one attached hydrogen (secondary N) is 1. The van der Waals surface area contributed by atoms with Crippen molar-refractivity contribution in [3.05, 3.63) is 44.5 Å². The van der Waals surface area contributed by atoms with Crippen LogP contribution in [-0.2, 0) is 4.79 Å². The third kappa shape index (κ3) is 2.99. The summed E-state index contributed by atoms with van der Waals surface area (Å²) in [6, 6.07) is 5.27. The number of hydrogen-bond acceptors (Lipinski definition) is 5. The van der Waals surface area contributed by atoms with Crippen molar-refractivity contribution in [2.24, 2.45) is 0 Å². The number of ketones is 1. The van der Waals surface area contributed by atoms with E-state index in [1.54, 1.807) is 6.07 Å². The summed E-state index contributed by atoms with van der Waals surface area (Å²) in [6.45, 7) is 0. The topological polar surface area (TPSA) is 108 Å². The van der Waals surface area contributed by atoms with Crippen molar-refractivity contribution in [2.45, 2.75) is 0 Å². The zero-order valence-corrected chi connectivity index (χ0v) is 9.64. The average molecular weight is 264 g/mol. The highest BCUT2D eigenvalue weighted by Crippen LogP contribution is 2.24. The molecule has 90 valence electrons. The van der Waals surface area contributed by atoms with Gasteiger partial charge < -0.3 is 5.41 Å². The minimum atomic E-state index is -0.792. The Labute approximate surface area is 107 Å². The highest BCUT2D eigenvalue weighted by Gasteiger charge is 2.11. The lowest BCUT2D eigenvalue weighted by Gasteiger charge is -1.99. The molecule has 0 radical (unpaired) electrons. The third-order valence-corrected chi connectivity index (χ3v) is 2.35. The van der Waals surface area contributed by atoms with E-state index in [4.69, 9.17) is 22.3 Å². The summed E-state index contributed by atoms with van der Waals surface area (Å²) < 4.78 is 0. The number of carbonyl (C=O) groups is 1. The van der Waals surface area contributed by atoms with Gasteiger partial charge in [-0.2, -0.15) is 5.26 Å². The number of benzene rings is 1. The van der Waals surface area contributed by atoms with Crippen LogP contribution in [0.3, 0.4) is 0 Å². The van der Waals surface area contributed by atoms with E-state index in [1.807, 2.05) is 0 Å². The Morgan fingerprint density at radius 1 is 1.56 bits per heavy atom. The van der Waals surface area contributed by atoms with Crippen LogP contribution in [-0.4, -0.2) is 16.9 Å². The van der Waals surface area contributed by atoms with Crippen molar-refractivity contribution in [1.82, 2.24) is 0 Å². The van der Waals surface area contributed by atoms with E-state index < -0.39 is 10.7 Å². The number of nitriles is 1. The van der Waals surface area contributed by atoms with Crippen LogP contribution in [0.25, 0.3) is 6.08 Å². The predicted molar refractivity (Wildman–Crippen MR) is 65.5 cm³/mol. The second-order valence-corrected chi connectivity index (χ2v) is 3.55. The molecule has 0 aliphatic carbocycles. The molecule has 6 nitrogen and oxygen atoms in total. The first-order valence-corrected chi connectivity index (χ1v) is 4.98. The van der Waals surface area contributed by atoms with Gasteiger partial charge in [-0.25, -0.2) is 0 Å².